The van der Waals surface area contributed by atoms with Crippen molar-refractivity contribution < 1.29 is 22.5 Å². The molecule has 0 saturated carbocycles. The van der Waals surface area contributed by atoms with E-state index in [1.165, 1.54) is 6.07 Å². The van der Waals surface area contributed by atoms with Crippen LogP contribution in [0.3, 0.4) is 0 Å². The summed E-state index contributed by atoms with van der Waals surface area (Å²) in [6.45, 7) is 0.0569. The zero-order chi connectivity index (χ0) is 20.3. The van der Waals surface area contributed by atoms with Gasteiger partial charge in [-0.15, -0.1) is 0 Å². The number of hydrogen-bond donors (Lipinski definition) is 1. The van der Waals surface area contributed by atoms with Crippen LogP contribution in [0.2, 0.25) is 0 Å². The second-order valence-corrected chi connectivity index (χ2v) is 7.94. The van der Waals surface area contributed by atoms with Gasteiger partial charge in [-0.3, -0.25) is 14.5 Å². The van der Waals surface area contributed by atoms with Crippen LogP contribution in [0.15, 0.2) is 75.1 Å². The van der Waals surface area contributed by atoms with Gasteiger partial charge in [0.05, 0.1) is 17.9 Å². The Hall–Kier alpha value is -3.46. The van der Waals surface area contributed by atoms with E-state index in [4.69, 9.17) is 9.26 Å². The van der Waals surface area contributed by atoms with Crippen molar-refractivity contribution in [1.29, 1.82) is 0 Å². The van der Waals surface area contributed by atoms with Crippen molar-refractivity contribution in [3.05, 3.63) is 72.0 Å². The van der Waals surface area contributed by atoms with E-state index >= 15 is 0 Å². The van der Waals surface area contributed by atoms with Gasteiger partial charge in [0, 0.05) is 17.2 Å². The van der Waals surface area contributed by atoms with Crippen LogP contribution in [-0.2, 0) is 26.2 Å². The molecule has 0 aliphatic carbocycles. The van der Waals surface area contributed by atoms with E-state index in [2.05, 4.69) is 14.9 Å². The van der Waals surface area contributed by atoms with Crippen molar-refractivity contribution in [2.75, 3.05) is 6.54 Å². The lowest BCUT2D eigenvalue weighted by Gasteiger charge is -2.01. The van der Waals surface area contributed by atoms with E-state index in [0.29, 0.717) is 17.0 Å². The summed E-state index contributed by atoms with van der Waals surface area (Å²) in [4.78, 5) is 16.3. The Balaban J connectivity index is 1.30. The predicted octanol–water partition coefficient (Wildman–Crippen LogP) is 2.51. The molecule has 0 bridgehead atoms. The molecule has 0 amide bonds. The third kappa shape index (κ3) is 4.19. The lowest BCUT2D eigenvalue weighted by molar-refractivity contribution is -0.145. The van der Waals surface area contributed by atoms with E-state index < -0.39 is 16.0 Å². The quantitative estimate of drug-likeness (QED) is 0.624. The Kier molecular flexibility index (Phi) is 5.13. The largest absolute Gasteiger partial charge is 0.457 e. The number of ether oxygens (including phenoxy) is 1. The van der Waals surface area contributed by atoms with E-state index in [1.807, 2.05) is 30.3 Å². The molecular weight excluding hydrogens is 394 g/mol. The fourth-order valence-corrected chi connectivity index (χ4v) is 4.11. The van der Waals surface area contributed by atoms with Crippen LogP contribution < -0.4 is 4.72 Å². The number of aromatic nitrogens is 1. The Bertz CT molecular complexity index is 1170. The Morgan fingerprint density at radius 3 is 2.69 bits per heavy atom. The number of nitrogens with one attached hydrogen (secondary N) is 1. The van der Waals surface area contributed by atoms with Gasteiger partial charge in [-0.1, -0.05) is 47.6 Å². The van der Waals surface area contributed by atoms with Gasteiger partial charge >= 0.3 is 5.97 Å². The molecule has 3 aromatic rings. The molecule has 0 saturated heterocycles. The minimum atomic E-state index is -3.59. The van der Waals surface area contributed by atoms with Gasteiger partial charge in [0.15, 0.2) is 12.4 Å². The highest BCUT2D eigenvalue weighted by Crippen LogP contribution is 2.22. The summed E-state index contributed by atoms with van der Waals surface area (Å²) in [5.41, 5.74) is 2.06. The summed E-state index contributed by atoms with van der Waals surface area (Å²) in [5.74, 6) is 0.193. The first-order valence-electron chi connectivity index (χ1n) is 8.86. The minimum Gasteiger partial charge on any atom is -0.457 e. The highest BCUT2D eigenvalue weighted by molar-refractivity contribution is 7.90. The van der Waals surface area contributed by atoms with Crippen molar-refractivity contribution >= 4 is 21.8 Å². The molecule has 2 aromatic carbocycles. The molecule has 29 heavy (non-hydrogen) atoms. The van der Waals surface area contributed by atoms with Crippen molar-refractivity contribution in [3.8, 4) is 11.3 Å². The van der Waals surface area contributed by atoms with E-state index in [-0.39, 0.29) is 30.3 Å². The number of carbonyl (C=O) groups excluding carboxylic acids is 1. The number of benzene rings is 2. The van der Waals surface area contributed by atoms with E-state index in [0.717, 1.165) is 5.56 Å². The summed E-state index contributed by atoms with van der Waals surface area (Å²) in [6.07, 6.45) is 0.00702. The molecule has 0 fully saturated rings. The van der Waals surface area contributed by atoms with Gasteiger partial charge in [0.25, 0.3) is 10.0 Å². The second kappa shape index (κ2) is 7.88. The highest BCUT2D eigenvalue weighted by Gasteiger charge is 2.29. The van der Waals surface area contributed by atoms with Gasteiger partial charge in [-0.05, 0) is 12.1 Å². The maximum absolute atomic E-state index is 12.0. The minimum absolute atomic E-state index is 0.00702. The number of hydrogen-bond acceptors (Lipinski definition) is 7. The zero-order valence-corrected chi connectivity index (χ0v) is 16.1. The SMILES string of the molecule is O=C(CCN=C1NS(=O)(=O)c2ccccc21)OCc1cc(-c2ccccc2)no1. The Morgan fingerprint density at radius 2 is 1.86 bits per heavy atom. The fraction of sp³-hybridized carbons (Fsp3) is 0.150. The number of aliphatic imine (C=N–C) groups is 1. The number of esters is 1. The molecule has 0 unspecified atom stereocenters. The number of amidine groups is 1. The molecule has 0 radical (unpaired) electrons. The molecule has 8 nitrogen and oxygen atoms in total. The maximum atomic E-state index is 12.0. The van der Waals surface area contributed by atoms with Gasteiger partial charge in [0.2, 0.25) is 0 Å². The van der Waals surface area contributed by atoms with Gasteiger partial charge in [-0.2, -0.15) is 0 Å². The van der Waals surface area contributed by atoms with Gasteiger partial charge in [-0.25, -0.2) is 8.42 Å². The van der Waals surface area contributed by atoms with Gasteiger partial charge in [0.1, 0.15) is 11.5 Å². The molecule has 9 heteroatoms. The van der Waals surface area contributed by atoms with Crippen molar-refractivity contribution in [2.24, 2.45) is 4.99 Å². The maximum Gasteiger partial charge on any atom is 0.308 e. The molecule has 4 rings (SSSR count). The molecule has 1 aliphatic rings. The topological polar surface area (TPSA) is 111 Å². The van der Waals surface area contributed by atoms with Crippen LogP contribution in [0.5, 0.6) is 0 Å². The van der Waals surface area contributed by atoms with Crippen molar-refractivity contribution in [1.82, 2.24) is 9.88 Å². The molecule has 1 N–H and O–H groups in total. The molecule has 1 aromatic heterocycles. The molecule has 0 atom stereocenters. The standard InChI is InChI=1S/C20H17N3O5S/c24-19(27-13-15-12-17(22-28-15)14-6-2-1-3-7-14)10-11-21-20-16-8-4-5-9-18(16)29(25,26)23-20/h1-9,12H,10-11,13H2,(H,21,23). The molecular formula is C20H17N3O5S. The van der Waals surface area contributed by atoms with Crippen molar-refractivity contribution in [3.63, 3.8) is 0 Å². The highest BCUT2D eigenvalue weighted by atomic mass is 32.2. The van der Waals surface area contributed by atoms with E-state index in [9.17, 15) is 13.2 Å². The van der Waals surface area contributed by atoms with Crippen LogP contribution in [-0.4, -0.2) is 31.9 Å². The summed E-state index contributed by atoms with van der Waals surface area (Å²) in [5, 5.41) is 3.96. The monoisotopic (exact) mass is 411 g/mol. The third-order valence-corrected chi connectivity index (χ3v) is 5.65. The first-order valence-corrected chi connectivity index (χ1v) is 10.3. The first-order chi connectivity index (χ1) is 14.0. The van der Waals surface area contributed by atoms with Crippen LogP contribution in [0.25, 0.3) is 11.3 Å². The van der Waals surface area contributed by atoms with E-state index in [1.54, 1.807) is 24.3 Å². The Labute approximate surface area is 167 Å². The number of fused-ring (bicyclic) bond motifs is 1. The summed E-state index contributed by atoms with van der Waals surface area (Å²) < 4.78 is 36.8. The fourth-order valence-electron chi connectivity index (χ4n) is 2.86. The third-order valence-electron chi connectivity index (χ3n) is 4.25. The average molecular weight is 411 g/mol. The second-order valence-electron chi connectivity index (χ2n) is 6.29. The normalized spacial score (nSPS) is 15.7. The van der Waals surface area contributed by atoms with Crippen LogP contribution >= 0.6 is 0 Å². The summed E-state index contributed by atoms with van der Waals surface area (Å²) >= 11 is 0. The number of carbonyl (C=O) groups is 1. The Morgan fingerprint density at radius 1 is 1.10 bits per heavy atom. The average Bonchev–Trinajstić information content (AvgIpc) is 3.30. The smallest absolute Gasteiger partial charge is 0.308 e. The lowest BCUT2D eigenvalue weighted by atomic mass is 10.1. The molecule has 0 spiro atoms. The number of sulfonamides is 1. The van der Waals surface area contributed by atoms with Crippen molar-refractivity contribution in [2.45, 2.75) is 17.9 Å². The molecule has 2 heterocycles. The summed E-state index contributed by atoms with van der Waals surface area (Å²) in [7, 11) is -3.59. The van der Waals surface area contributed by atoms with Crippen LogP contribution in [0, 0.1) is 0 Å². The van der Waals surface area contributed by atoms with Crippen LogP contribution in [0.4, 0.5) is 0 Å². The number of rotatable bonds is 6. The zero-order valence-electron chi connectivity index (χ0n) is 15.2. The summed E-state index contributed by atoms with van der Waals surface area (Å²) in [6, 6.07) is 17.8. The predicted molar refractivity (Wildman–Crippen MR) is 105 cm³/mol. The molecule has 1 aliphatic heterocycles. The molecule has 148 valence electrons. The first kappa shape index (κ1) is 18.9. The lowest BCUT2D eigenvalue weighted by Crippen LogP contribution is -2.22. The van der Waals surface area contributed by atoms with Gasteiger partial charge < -0.3 is 9.26 Å². The van der Waals surface area contributed by atoms with Crippen LogP contribution in [0.1, 0.15) is 17.7 Å². The number of nitrogens with zero attached hydrogens (tertiary/aromatic N) is 2.